The van der Waals surface area contributed by atoms with E-state index >= 15 is 0 Å². The van der Waals surface area contributed by atoms with Crippen molar-refractivity contribution in [2.45, 2.75) is 50.7 Å². The van der Waals surface area contributed by atoms with Crippen LogP contribution in [0.15, 0.2) is 18.2 Å². The number of carbonyl (C=O) groups excluding carboxylic acids is 1. The second-order valence-electron chi connectivity index (χ2n) is 6.47. The number of nitrogens with zero attached hydrogens (tertiary/aromatic N) is 2. The summed E-state index contributed by atoms with van der Waals surface area (Å²) in [6, 6.07) is 3.22. The number of halogens is 1. The van der Waals surface area contributed by atoms with Gasteiger partial charge in [-0.2, -0.15) is 0 Å². The first-order valence-corrected chi connectivity index (χ1v) is 7.95. The summed E-state index contributed by atoms with van der Waals surface area (Å²) in [5.41, 5.74) is 5.72. The highest BCUT2D eigenvalue weighted by Gasteiger charge is 2.44. The minimum Gasteiger partial charge on any atom is -0.368 e. The minimum absolute atomic E-state index is 0.117. The number of fused-ring (bicyclic) bond motifs is 1. The van der Waals surface area contributed by atoms with Crippen LogP contribution < -0.4 is 5.73 Å². The summed E-state index contributed by atoms with van der Waals surface area (Å²) < 4.78 is 13.5. The molecule has 1 saturated heterocycles. The summed E-state index contributed by atoms with van der Waals surface area (Å²) in [4.78, 5) is 24.4. The van der Waals surface area contributed by atoms with Crippen molar-refractivity contribution in [2.75, 3.05) is 0 Å². The molecule has 0 aromatic heterocycles. The Morgan fingerprint density at radius 2 is 2.13 bits per heavy atom. The monoisotopic (exact) mass is 321 g/mol. The van der Waals surface area contributed by atoms with E-state index in [-0.39, 0.29) is 18.3 Å². The summed E-state index contributed by atoms with van der Waals surface area (Å²) in [5.74, 6) is -0.520. The van der Waals surface area contributed by atoms with Gasteiger partial charge in [-0.25, -0.2) is 4.39 Å². The maximum atomic E-state index is 13.5. The van der Waals surface area contributed by atoms with Gasteiger partial charge in [0, 0.05) is 24.2 Å². The Labute approximate surface area is 133 Å². The van der Waals surface area contributed by atoms with Gasteiger partial charge >= 0.3 is 0 Å². The molecule has 1 saturated carbocycles. The van der Waals surface area contributed by atoms with Crippen molar-refractivity contribution in [1.29, 1.82) is 0 Å². The number of hydrogen-bond donors (Lipinski definition) is 1. The third-order valence-electron chi connectivity index (χ3n) is 5.14. The molecule has 1 aromatic carbocycles. The molecule has 2 N–H and O–H groups in total. The molecule has 2 aliphatic rings. The molecule has 1 heterocycles. The topological polar surface area (TPSA) is 89.5 Å². The third kappa shape index (κ3) is 3.06. The summed E-state index contributed by atoms with van der Waals surface area (Å²) in [6.07, 6.45) is 4.92. The molecule has 0 spiro atoms. The molecule has 23 heavy (non-hydrogen) atoms. The van der Waals surface area contributed by atoms with Crippen LogP contribution in [0.2, 0.25) is 0 Å². The molecular weight excluding hydrogens is 301 g/mol. The number of amides is 1. The minimum atomic E-state index is -0.513. The number of nitro groups is 1. The number of benzene rings is 1. The van der Waals surface area contributed by atoms with Crippen molar-refractivity contribution in [3.8, 4) is 0 Å². The molecule has 3 unspecified atom stereocenters. The average Bonchev–Trinajstić information content (AvgIpc) is 2.86. The Kier molecular flexibility index (Phi) is 4.30. The molecule has 0 bridgehead atoms. The fraction of sp³-hybridized carbons (Fsp3) is 0.562. The largest absolute Gasteiger partial charge is 0.368 e. The first-order valence-electron chi connectivity index (χ1n) is 7.95. The normalized spacial score (nSPS) is 27.6. The van der Waals surface area contributed by atoms with E-state index in [4.69, 9.17) is 5.73 Å². The SMILES string of the molecule is NC(=O)C1CC2CCCCC2N1Cc1cc(F)ccc1[N+](=O)[O-]. The fourth-order valence-corrected chi connectivity index (χ4v) is 4.12. The smallest absolute Gasteiger partial charge is 0.274 e. The molecule has 1 aromatic rings. The lowest BCUT2D eigenvalue weighted by atomic mass is 9.84. The van der Waals surface area contributed by atoms with Crippen molar-refractivity contribution < 1.29 is 14.1 Å². The first-order chi connectivity index (χ1) is 11.0. The van der Waals surface area contributed by atoms with Crippen molar-refractivity contribution in [2.24, 2.45) is 11.7 Å². The molecule has 3 rings (SSSR count). The van der Waals surface area contributed by atoms with E-state index in [2.05, 4.69) is 0 Å². The van der Waals surface area contributed by atoms with Gasteiger partial charge in [0.1, 0.15) is 5.82 Å². The Morgan fingerprint density at radius 1 is 1.39 bits per heavy atom. The molecule has 2 fully saturated rings. The second-order valence-corrected chi connectivity index (χ2v) is 6.47. The van der Waals surface area contributed by atoms with E-state index < -0.39 is 22.7 Å². The second kappa shape index (κ2) is 6.23. The van der Waals surface area contributed by atoms with Crippen LogP contribution in [0.5, 0.6) is 0 Å². The van der Waals surface area contributed by atoms with Gasteiger partial charge in [0.2, 0.25) is 5.91 Å². The zero-order valence-corrected chi connectivity index (χ0v) is 12.8. The van der Waals surface area contributed by atoms with E-state index in [0.717, 1.165) is 31.7 Å². The molecule has 0 radical (unpaired) electrons. The number of hydrogen-bond acceptors (Lipinski definition) is 4. The number of primary amides is 1. The van der Waals surface area contributed by atoms with Crippen LogP contribution in [0.1, 0.15) is 37.7 Å². The van der Waals surface area contributed by atoms with Gasteiger partial charge in [-0.05, 0) is 37.3 Å². The van der Waals surface area contributed by atoms with E-state index in [1.807, 2.05) is 4.90 Å². The molecule has 1 aliphatic heterocycles. The number of nitrogens with two attached hydrogens (primary N) is 1. The maximum Gasteiger partial charge on any atom is 0.274 e. The van der Waals surface area contributed by atoms with Crippen LogP contribution in [0.4, 0.5) is 10.1 Å². The molecule has 3 atom stereocenters. The standard InChI is InChI=1S/C16H20FN3O3/c17-12-5-6-14(20(22)23)11(7-12)9-19-13-4-2-1-3-10(13)8-15(19)16(18)21/h5-7,10,13,15H,1-4,8-9H2,(H2,18,21). The fourth-order valence-electron chi connectivity index (χ4n) is 4.12. The van der Waals surface area contributed by atoms with Crippen molar-refractivity contribution in [3.05, 3.63) is 39.7 Å². The van der Waals surface area contributed by atoms with Crippen molar-refractivity contribution in [3.63, 3.8) is 0 Å². The zero-order chi connectivity index (χ0) is 16.6. The Bertz CT molecular complexity index is 637. The van der Waals surface area contributed by atoms with Crippen molar-refractivity contribution >= 4 is 11.6 Å². The number of nitro benzene ring substituents is 1. The lowest BCUT2D eigenvalue weighted by molar-refractivity contribution is -0.385. The number of carbonyl (C=O) groups is 1. The third-order valence-corrected chi connectivity index (χ3v) is 5.14. The van der Waals surface area contributed by atoms with E-state index in [1.165, 1.54) is 12.1 Å². The van der Waals surface area contributed by atoms with Gasteiger partial charge in [0.05, 0.1) is 11.0 Å². The highest BCUT2D eigenvalue weighted by Crippen LogP contribution is 2.41. The van der Waals surface area contributed by atoms with E-state index in [1.54, 1.807) is 0 Å². The Balaban J connectivity index is 1.91. The first kappa shape index (κ1) is 15.9. The predicted molar refractivity (Wildman–Crippen MR) is 81.9 cm³/mol. The Hall–Kier alpha value is -2.02. The van der Waals surface area contributed by atoms with Gasteiger partial charge < -0.3 is 5.73 Å². The van der Waals surface area contributed by atoms with Crippen LogP contribution in [-0.2, 0) is 11.3 Å². The predicted octanol–water partition coefficient (Wildman–Crippen LogP) is 2.35. The molecule has 1 aliphatic carbocycles. The van der Waals surface area contributed by atoms with E-state index in [9.17, 15) is 19.3 Å². The van der Waals surface area contributed by atoms with Crippen LogP contribution >= 0.6 is 0 Å². The van der Waals surface area contributed by atoms with E-state index in [0.29, 0.717) is 17.9 Å². The molecule has 7 heteroatoms. The summed E-state index contributed by atoms with van der Waals surface area (Å²) in [6.45, 7) is 0.183. The number of likely N-dealkylation sites (tertiary alicyclic amines) is 1. The molecule has 6 nitrogen and oxygen atoms in total. The quantitative estimate of drug-likeness (QED) is 0.681. The average molecular weight is 321 g/mol. The Morgan fingerprint density at radius 3 is 2.83 bits per heavy atom. The maximum absolute atomic E-state index is 13.5. The molecule has 1 amide bonds. The van der Waals surface area contributed by atoms with Gasteiger partial charge in [0.25, 0.3) is 5.69 Å². The van der Waals surface area contributed by atoms with Crippen LogP contribution in [0.3, 0.4) is 0 Å². The van der Waals surface area contributed by atoms with Gasteiger partial charge in [-0.3, -0.25) is 19.8 Å². The van der Waals surface area contributed by atoms with Gasteiger partial charge in [-0.1, -0.05) is 12.8 Å². The molecular formula is C16H20FN3O3. The zero-order valence-electron chi connectivity index (χ0n) is 12.8. The highest BCUT2D eigenvalue weighted by atomic mass is 19.1. The molecule has 124 valence electrons. The van der Waals surface area contributed by atoms with Gasteiger partial charge in [0.15, 0.2) is 0 Å². The highest BCUT2D eigenvalue weighted by molar-refractivity contribution is 5.80. The summed E-state index contributed by atoms with van der Waals surface area (Å²) >= 11 is 0. The van der Waals surface area contributed by atoms with Crippen LogP contribution in [-0.4, -0.2) is 27.8 Å². The van der Waals surface area contributed by atoms with Crippen molar-refractivity contribution in [1.82, 2.24) is 4.90 Å². The number of rotatable bonds is 4. The summed E-state index contributed by atoms with van der Waals surface area (Å²) in [5, 5.41) is 11.2. The van der Waals surface area contributed by atoms with Gasteiger partial charge in [-0.15, -0.1) is 0 Å². The van der Waals surface area contributed by atoms with Crippen LogP contribution in [0, 0.1) is 21.8 Å². The summed E-state index contributed by atoms with van der Waals surface area (Å²) in [7, 11) is 0. The lowest BCUT2D eigenvalue weighted by Crippen LogP contribution is -2.44. The van der Waals surface area contributed by atoms with Crippen LogP contribution in [0.25, 0.3) is 0 Å². The lowest BCUT2D eigenvalue weighted by Gasteiger charge is -2.33.